The number of hydrogen-bond donors (Lipinski definition) is 0. The minimum absolute atomic E-state index is 0.661. The molecule has 2 fully saturated rings. The van der Waals surface area contributed by atoms with Crippen molar-refractivity contribution in [3.05, 3.63) is 11.7 Å². The maximum atomic E-state index is 5.18. The van der Waals surface area contributed by atoms with Crippen LogP contribution in [-0.4, -0.2) is 32.4 Å². The van der Waals surface area contributed by atoms with Crippen LogP contribution in [-0.2, 0) is 32.3 Å². The molecule has 1 aliphatic carbocycles. The fourth-order valence-corrected chi connectivity index (χ4v) is 3.92. The van der Waals surface area contributed by atoms with Crippen LogP contribution in [0, 0.1) is 12.3 Å². The molecule has 1 aliphatic heterocycles. The Labute approximate surface area is 165 Å². The second-order valence-corrected chi connectivity index (χ2v) is 7.07. The second kappa shape index (κ2) is 19.0. The number of rotatable bonds is 7. The Bertz CT molecular complexity index is 226. The van der Waals surface area contributed by atoms with Crippen LogP contribution in [0.2, 0.25) is 0 Å². The van der Waals surface area contributed by atoms with Gasteiger partial charge in [-0.3, -0.25) is 0 Å². The van der Waals surface area contributed by atoms with Gasteiger partial charge in [0.05, 0.1) is 19.8 Å². The molecule has 2 rings (SSSR count). The molecule has 24 heavy (non-hydrogen) atoms. The van der Waals surface area contributed by atoms with Crippen LogP contribution in [0.4, 0.5) is 0 Å². The number of hydrogen-bond acceptors (Lipinski definition) is 3. The van der Waals surface area contributed by atoms with Gasteiger partial charge in [-0.15, -0.1) is 6.54 Å². The van der Waals surface area contributed by atoms with Crippen molar-refractivity contribution in [2.75, 3.05) is 26.4 Å². The summed E-state index contributed by atoms with van der Waals surface area (Å²) in [7, 11) is 3.21. The predicted octanol–water partition coefficient (Wildman–Crippen LogP) is 6.05. The van der Waals surface area contributed by atoms with Crippen LogP contribution in [0.3, 0.4) is 0 Å². The molecule has 0 bridgehead atoms. The van der Waals surface area contributed by atoms with Crippen molar-refractivity contribution in [1.29, 1.82) is 0 Å². The van der Waals surface area contributed by atoms with E-state index in [2.05, 4.69) is 15.8 Å². The number of piperidine rings is 1. The van der Waals surface area contributed by atoms with E-state index in [-0.39, 0.29) is 0 Å². The van der Waals surface area contributed by atoms with Crippen molar-refractivity contribution in [3.8, 4) is 0 Å². The summed E-state index contributed by atoms with van der Waals surface area (Å²) in [5.41, 5.74) is 0. The molecule has 0 N–H and O–H groups in total. The Morgan fingerprint density at radius 2 is 1.54 bits per heavy atom. The third-order valence-corrected chi connectivity index (χ3v) is 5.59. The van der Waals surface area contributed by atoms with Gasteiger partial charge in [-0.1, -0.05) is 38.5 Å². The summed E-state index contributed by atoms with van der Waals surface area (Å²) in [6.45, 7) is 8.92. The van der Waals surface area contributed by atoms with Crippen LogP contribution in [0.15, 0.2) is 0 Å². The summed E-state index contributed by atoms with van der Waals surface area (Å²) in [6, 6.07) is 0.707. The zero-order valence-electron chi connectivity index (χ0n) is 15.4. The summed E-state index contributed by atoms with van der Waals surface area (Å²) in [4.78, 5) is 0. The van der Waals surface area contributed by atoms with E-state index in [9.17, 15) is 0 Å². The quantitative estimate of drug-likeness (QED) is 0.280. The van der Waals surface area contributed by atoms with E-state index in [1.54, 1.807) is 18.8 Å². The van der Waals surface area contributed by atoms with Crippen LogP contribution in [0.1, 0.15) is 65.7 Å². The van der Waals surface area contributed by atoms with Gasteiger partial charge in [-0.2, -0.15) is 32.0 Å². The molecule has 7 heteroatoms. The van der Waals surface area contributed by atoms with E-state index in [0.717, 1.165) is 12.5 Å². The monoisotopic (exact) mass is 562 g/mol. The molecule has 0 aromatic carbocycles. The topological polar surface area (TPSA) is 41.8 Å². The zero-order chi connectivity index (χ0) is 18.0. The predicted molar refractivity (Wildman–Crippen MR) is 101 cm³/mol. The van der Waals surface area contributed by atoms with Gasteiger partial charge in [0.15, 0.2) is 0 Å². The van der Waals surface area contributed by atoms with E-state index in [1.165, 1.54) is 44.9 Å². The standard InChI is InChI=1S/C11H19N.C6H16O3P.ClH.Pt/c1-2-6-10(7-3-1)11-8-4-5-9-12-11;1-4-7-10(8-5-2)9-6-3;;/h6,10-11H,1-5,7-9H2;10H,4-6H2,1-3H3;1H;/q-2;+1;;+1/p-1. The molecule has 2 aliphatic rings. The van der Waals surface area contributed by atoms with Crippen molar-refractivity contribution in [2.24, 2.45) is 5.92 Å². The van der Waals surface area contributed by atoms with Crippen molar-refractivity contribution >= 4 is 18.0 Å². The van der Waals surface area contributed by atoms with E-state index in [4.69, 9.17) is 18.9 Å². The van der Waals surface area contributed by atoms with Gasteiger partial charge < -0.3 is 11.7 Å². The van der Waals surface area contributed by atoms with Gasteiger partial charge in [0.2, 0.25) is 0 Å². The molecule has 0 radical (unpaired) electrons. The SMILES string of the molecule is CCO[PH+](OCC)OCC.[CH-]1CCCCC1C1CCCC[N-]1.[Cl][Pt]. The summed E-state index contributed by atoms with van der Waals surface area (Å²) in [6.07, 6.45) is 12.3. The molecule has 2 unspecified atom stereocenters. The number of nitrogens with zero attached hydrogens (tertiary/aromatic N) is 1. The Morgan fingerprint density at radius 3 is 1.96 bits per heavy atom. The van der Waals surface area contributed by atoms with Gasteiger partial charge in [0.1, 0.15) is 0 Å². The van der Waals surface area contributed by atoms with Gasteiger partial charge in [0, 0.05) is 0 Å². The first kappa shape index (κ1) is 25.2. The molecule has 0 aromatic rings. The molecule has 1 saturated heterocycles. The van der Waals surface area contributed by atoms with Crippen LogP contribution in [0.5, 0.6) is 0 Å². The Kier molecular flexibility index (Phi) is 20.0. The molecule has 1 heterocycles. The third kappa shape index (κ3) is 12.6. The summed E-state index contributed by atoms with van der Waals surface area (Å²) >= 11 is 1.61. The molecule has 4 nitrogen and oxygen atoms in total. The van der Waals surface area contributed by atoms with Gasteiger partial charge in [-0.05, 0) is 20.8 Å². The maximum absolute atomic E-state index is 5.18. The Balaban J connectivity index is 0.000000407. The molecule has 2 atom stereocenters. The fourth-order valence-electron chi connectivity index (χ4n) is 2.97. The van der Waals surface area contributed by atoms with Crippen LogP contribution >= 0.6 is 18.0 Å². The molecule has 1 saturated carbocycles. The first-order valence-electron chi connectivity index (χ1n) is 9.19. The molecule has 0 amide bonds. The average molecular weight is 563 g/mol. The Morgan fingerprint density at radius 1 is 0.958 bits per heavy atom. The van der Waals surface area contributed by atoms with E-state index < -0.39 is 8.60 Å². The van der Waals surface area contributed by atoms with Crippen molar-refractivity contribution < 1.29 is 32.3 Å². The average Bonchev–Trinajstić information content (AvgIpc) is 2.66. The van der Waals surface area contributed by atoms with Crippen LogP contribution < -0.4 is 0 Å². The normalized spacial score (nSPS) is 23.8. The molecule has 0 spiro atoms. The minimum atomic E-state index is -1.40. The molecular weight excluding hydrogens is 528 g/mol. The zero-order valence-corrected chi connectivity index (χ0v) is 19.4. The Hall–Kier alpha value is 1.25. The van der Waals surface area contributed by atoms with Crippen LogP contribution in [0.25, 0.3) is 5.32 Å². The van der Waals surface area contributed by atoms with Crippen molar-refractivity contribution in [1.82, 2.24) is 0 Å². The molecule has 0 aromatic heterocycles. The first-order chi connectivity index (χ1) is 11.8. The summed E-state index contributed by atoms with van der Waals surface area (Å²) in [5, 5.41) is 4.72. The second-order valence-electron chi connectivity index (χ2n) is 5.70. The van der Waals surface area contributed by atoms with Gasteiger partial charge in [0.25, 0.3) is 0 Å². The van der Waals surface area contributed by atoms with E-state index in [1.807, 2.05) is 20.8 Å². The van der Waals surface area contributed by atoms with E-state index in [0.29, 0.717) is 25.9 Å². The van der Waals surface area contributed by atoms with Crippen molar-refractivity contribution in [3.63, 3.8) is 0 Å². The summed E-state index contributed by atoms with van der Waals surface area (Å²) < 4.78 is 15.5. The van der Waals surface area contributed by atoms with Crippen molar-refractivity contribution in [2.45, 2.75) is 71.8 Å². The van der Waals surface area contributed by atoms with Gasteiger partial charge in [-0.25, -0.2) is 0 Å². The van der Waals surface area contributed by atoms with E-state index >= 15 is 0 Å². The molecule has 149 valence electrons. The molecular formula is C17H35ClNO3PPt-. The third-order valence-electron chi connectivity index (χ3n) is 4.01. The first-order valence-corrected chi connectivity index (χ1v) is 13.2. The van der Waals surface area contributed by atoms with Gasteiger partial charge >= 0.3 is 36.8 Å². The fraction of sp³-hybridized carbons (Fsp3) is 0.941. The summed E-state index contributed by atoms with van der Waals surface area (Å²) in [5.74, 6) is 0.846. The number of halogens is 1.